The van der Waals surface area contributed by atoms with Gasteiger partial charge in [0.1, 0.15) is 0 Å². The van der Waals surface area contributed by atoms with E-state index in [-0.39, 0.29) is 20.9 Å². The number of nitrogens with zero attached hydrogens (tertiary/aromatic N) is 1. The predicted molar refractivity (Wildman–Crippen MR) is 82.7 cm³/mol. The van der Waals surface area contributed by atoms with Gasteiger partial charge in [0.25, 0.3) is 0 Å². The van der Waals surface area contributed by atoms with Crippen molar-refractivity contribution in [1.82, 2.24) is 4.90 Å². The molecule has 2 nitrogen and oxygen atoms in total. The third-order valence-corrected chi connectivity index (χ3v) is 5.14. The number of likely N-dealkylation sites (N-methyl/N-ethyl adjacent to an activating group) is 1. The SMILES string of the molecule is CCC/C(=C\C(=O)N(CC)CC)[Se]c1ccccc1. The molecule has 0 fully saturated rings. The molecule has 0 aliphatic rings. The summed E-state index contributed by atoms with van der Waals surface area (Å²) in [5.74, 6) is 0.159. The molecule has 0 heterocycles. The summed E-state index contributed by atoms with van der Waals surface area (Å²) in [6.07, 6.45) is 3.97. The minimum absolute atomic E-state index is 0.159. The van der Waals surface area contributed by atoms with Gasteiger partial charge in [0.2, 0.25) is 0 Å². The number of amides is 1. The molecule has 1 aromatic carbocycles. The summed E-state index contributed by atoms with van der Waals surface area (Å²) in [6.45, 7) is 7.78. The molecule has 104 valence electrons. The topological polar surface area (TPSA) is 20.3 Å². The Kier molecular flexibility index (Phi) is 7.54. The van der Waals surface area contributed by atoms with Crippen molar-refractivity contribution >= 4 is 25.3 Å². The van der Waals surface area contributed by atoms with E-state index in [9.17, 15) is 4.79 Å². The van der Waals surface area contributed by atoms with Crippen molar-refractivity contribution in [2.75, 3.05) is 13.1 Å². The van der Waals surface area contributed by atoms with Gasteiger partial charge in [0, 0.05) is 0 Å². The molecule has 0 aliphatic heterocycles. The Morgan fingerprint density at radius 1 is 1.16 bits per heavy atom. The quantitative estimate of drug-likeness (QED) is 0.558. The standard InChI is InChI=1S/C16H23NOSe/c1-4-10-15(13-16(18)17(5-2)6-3)19-14-11-8-7-9-12-14/h7-9,11-13H,4-6,10H2,1-3H3/b15-13+. The molecule has 0 aliphatic carbocycles. The van der Waals surface area contributed by atoms with Crippen LogP contribution in [0, 0.1) is 0 Å². The molecule has 0 saturated carbocycles. The monoisotopic (exact) mass is 325 g/mol. The van der Waals surface area contributed by atoms with Crippen molar-refractivity contribution in [2.45, 2.75) is 33.6 Å². The molecule has 1 aromatic rings. The Morgan fingerprint density at radius 2 is 1.79 bits per heavy atom. The molecule has 0 aromatic heterocycles. The van der Waals surface area contributed by atoms with Crippen molar-refractivity contribution in [3.63, 3.8) is 0 Å². The second-order valence-electron chi connectivity index (χ2n) is 4.29. The average molecular weight is 324 g/mol. The molecular weight excluding hydrogens is 301 g/mol. The van der Waals surface area contributed by atoms with E-state index in [1.54, 1.807) is 0 Å². The summed E-state index contributed by atoms with van der Waals surface area (Å²) < 4.78 is 2.63. The maximum atomic E-state index is 12.1. The molecule has 0 saturated heterocycles. The number of allylic oxidation sites excluding steroid dienone is 1. The van der Waals surface area contributed by atoms with E-state index in [0.29, 0.717) is 0 Å². The van der Waals surface area contributed by atoms with Crippen LogP contribution in [0.4, 0.5) is 0 Å². The third-order valence-electron chi connectivity index (χ3n) is 2.85. The van der Waals surface area contributed by atoms with Gasteiger partial charge in [0.05, 0.1) is 0 Å². The van der Waals surface area contributed by atoms with Crippen LogP contribution >= 0.6 is 0 Å². The van der Waals surface area contributed by atoms with Crippen molar-refractivity contribution in [3.8, 4) is 0 Å². The minimum atomic E-state index is 0.159. The Bertz CT molecular complexity index is 410. The van der Waals surface area contributed by atoms with Gasteiger partial charge in [-0.2, -0.15) is 0 Å². The molecule has 0 radical (unpaired) electrons. The van der Waals surface area contributed by atoms with Crippen LogP contribution in [0.25, 0.3) is 0 Å². The van der Waals surface area contributed by atoms with E-state index in [4.69, 9.17) is 0 Å². The van der Waals surface area contributed by atoms with E-state index in [1.165, 1.54) is 8.93 Å². The summed E-state index contributed by atoms with van der Waals surface area (Å²) >= 11 is 0.264. The summed E-state index contributed by atoms with van der Waals surface area (Å²) in [5.41, 5.74) is 0. The molecule has 3 heteroatoms. The first-order valence-corrected chi connectivity index (χ1v) is 8.64. The number of rotatable bonds is 7. The number of benzene rings is 1. The molecule has 0 N–H and O–H groups in total. The second kappa shape index (κ2) is 8.95. The number of carbonyl (C=O) groups is 1. The molecule has 0 unspecified atom stereocenters. The van der Waals surface area contributed by atoms with Crippen LogP contribution in [0.3, 0.4) is 0 Å². The van der Waals surface area contributed by atoms with Crippen LogP contribution in [-0.2, 0) is 4.79 Å². The first kappa shape index (κ1) is 16.0. The molecule has 1 amide bonds. The van der Waals surface area contributed by atoms with Crippen molar-refractivity contribution in [3.05, 3.63) is 40.9 Å². The summed E-state index contributed by atoms with van der Waals surface area (Å²) in [5, 5.41) is 0. The summed E-state index contributed by atoms with van der Waals surface area (Å²) in [4.78, 5) is 14.0. The van der Waals surface area contributed by atoms with E-state index in [2.05, 4.69) is 31.2 Å². The number of carbonyl (C=O) groups excluding carboxylic acids is 1. The van der Waals surface area contributed by atoms with Gasteiger partial charge in [-0.1, -0.05) is 0 Å². The van der Waals surface area contributed by atoms with Gasteiger partial charge in [-0.05, 0) is 0 Å². The number of hydrogen-bond donors (Lipinski definition) is 0. The van der Waals surface area contributed by atoms with E-state index < -0.39 is 0 Å². The maximum absolute atomic E-state index is 12.1. The zero-order chi connectivity index (χ0) is 14.1. The Hall–Kier alpha value is -1.05. The Labute approximate surface area is 123 Å². The fourth-order valence-electron chi connectivity index (χ4n) is 1.80. The van der Waals surface area contributed by atoms with Crippen molar-refractivity contribution < 1.29 is 4.79 Å². The van der Waals surface area contributed by atoms with Crippen LogP contribution in [0.5, 0.6) is 0 Å². The summed E-state index contributed by atoms with van der Waals surface area (Å²) in [7, 11) is 0. The van der Waals surface area contributed by atoms with E-state index >= 15 is 0 Å². The first-order valence-electron chi connectivity index (χ1n) is 6.93. The van der Waals surface area contributed by atoms with E-state index in [1.807, 2.05) is 30.9 Å². The predicted octanol–water partition coefficient (Wildman–Crippen LogP) is 2.57. The van der Waals surface area contributed by atoms with Gasteiger partial charge in [-0.15, -0.1) is 0 Å². The van der Waals surface area contributed by atoms with Crippen LogP contribution in [-0.4, -0.2) is 38.9 Å². The van der Waals surface area contributed by atoms with Crippen LogP contribution < -0.4 is 4.46 Å². The Balaban J connectivity index is 2.79. The van der Waals surface area contributed by atoms with Gasteiger partial charge in [-0.3, -0.25) is 0 Å². The van der Waals surface area contributed by atoms with Crippen LogP contribution in [0.1, 0.15) is 33.6 Å². The fourth-order valence-corrected chi connectivity index (χ4v) is 4.03. The third kappa shape index (κ3) is 5.63. The zero-order valence-corrected chi connectivity index (χ0v) is 13.8. The van der Waals surface area contributed by atoms with Crippen molar-refractivity contribution in [2.24, 2.45) is 0 Å². The normalized spacial score (nSPS) is 11.4. The Morgan fingerprint density at radius 3 is 2.32 bits per heavy atom. The van der Waals surface area contributed by atoms with Gasteiger partial charge in [0.15, 0.2) is 0 Å². The first-order chi connectivity index (χ1) is 9.21. The average Bonchev–Trinajstić information content (AvgIpc) is 2.41. The second-order valence-corrected chi connectivity index (χ2v) is 6.80. The van der Waals surface area contributed by atoms with Crippen LogP contribution in [0.15, 0.2) is 40.9 Å². The number of hydrogen-bond acceptors (Lipinski definition) is 1. The molecule has 1 rings (SSSR count). The van der Waals surface area contributed by atoms with Gasteiger partial charge >= 0.3 is 123 Å². The van der Waals surface area contributed by atoms with Gasteiger partial charge < -0.3 is 0 Å². The van der Waals surface area contributed by atoms with E-state index in [0.717, 1.165) is 25.9 Å². The molecule has 0 atom stereocenters. The van der Waals surface area contributed by atoms with Crippen LogP contribution in [0.2, 0.25) is 0 Å². The molecule has 0 spiro atoms. The zero-order valence-electron chi connectivity index (χ0n) is 12.1. The summed E-state index contributed by atoms with van der Waals surface area (Å²) in [6, 6.07) is 10.4. The van der Waals surface area contributed by atoms with Gasteiger partial charge in [-0.25, -0.2) is 0 Å². The molecule has 19 heavy (non-hydrogen) atoms. The fraction of sp³-hybridized carbons (Fsp3) is 0.438. The molecule has 0 bridgehead atoms. The molecular formula is C16H23NOSe. The van der Waals surface area contributed by atoms with Crippen molar-refractivity contribution in [1.29, 1.82) is 0 Å².